The Morgan fingerprint density at radius 2 is 1.83 bits per heavy atom. The van der Waals surface area contributed by atoms with E-state index in [0.717, 1.165) is 65.4 Å². The molecule has 0 saturated heterocycles. The Labute approximate surface area is 283 Å². The van der Waals surface area contributed by atoms with Gasteiger partial charge in [0.1, 0.15) is 5.75 Å². The third-order valence-corrected chi connectivity index (χ3v) is 11.9. The zero-order chi connectivity index (χ0) is 32.6. The van der Waals surface area contributed by atoms with Crippen LogP contribution in [0.2, 0.25) is 0 Å². The summed E-state index contributed by atoms with van der Waals surface area (Å²) in [5, 5.41) is 0.498. The van der Waals surface area contributed by atoms with Crippen LogP contribution in [0.1, 0.15) is 78.8 Å². The molecule has 2 saturated carbocycles. The number of allylic oxidation sites excluding steroid dienone is 1. The molecule has 4 N–H and O–H groups in total. The SMILES string of the molecule is CN=C(C1=Cc2cc(OC)ccc2-c2c(C3CCCCC3)c3ccc(C(=O)NS(=O)(=O)C4CCC4)cc3n2C1)C(=CN)C(=O)NI. The van der Waals surface area contributed by atoms with Crippen LogP contribution in [-0.4, -0.2) is 49.9 Å². The number of aliphatic imine (C=N–C) groups is 1. The van der Waals surface area contributed by atoms with Crippen molar-refractivity contribution < 1.29 is 22.7 Å². The minimum Gasteiger partial charge on any atom is -0.497 e. The molecule has 3 aliphatic rings. The van der Waals surface area contributed by atoms with Crippen molar-refractivity contribution in [3.05, 3.63) is 70.4 Å². The number of hydrogen-bond acceptors (Lipinski definition) is 7. The molecule has 12 heteroatoms. The van der Waals surface area contributed by atoms with Gasteiger partial charge in [-0.1, -0.05) is 31.7 Å². The zero-order valence-electron chi connectivity index (χ0n) is 25.9. The van der Waals surface area contributed by atoms with Crippen molar-refractivity contribution in [1.29, 1.82) is 0 Å². The van der Waals surface area contributed by atoms with Gasteiger partial charge in [0.05, 0.1) is 58.7 Å². The van der Waals surface area contributed by atoms with Crippen LogP contribution in [0.3, 0.4) is 0 Å². The summed E-state index contributed by atoms with van der Waals surface area (Å²) in [5.41, 5.74) is 12.7. The number of nitrogens with one attached hydrogen (secondary N) is 2. The van der Waals surface area contributed by atoms with Gasteiger partial charge < -0.3 is 15.0 Å². The molecule has 0 radical (unpaired) electrons. The molecule has 0 atom stereocenters. The maximum Gasteiger partial charge on any atom is 0.264 e. The van der Waals surface area contributed by atoms with Gasteiger partial charge in [0.2, 0.25) is 10.0 Å². The van der Waals surface area contributed by atoms with Crippen LogP contribution in [0.25, 0.3) is 28.2 Å². The maximum atomic E-state index is 13.4. The molecule has 0 bridgehead atoms. The monoisotopic (exact) mass is 755 g/mol. The predicted molar refractivity (Wildman–Crippen MR) is 190 cm³/mol. The minimum atomic E-state index is -3.75. The van der Waals surface area contributed by atoms with Gasteiger partial charge in [-0.15, -0.1) is 0 Å². The Kier molecular flexibility index (Phi) is 9.28. The molecule has 2 amide bonds. The smallest absolute Gasteiger partial charge is 0.264 e. The van der Waals surface area contributed by atoms with Crippen molar-refractivity contribution in [1.82, 2.24) is 12.8 Å². The Morgan fingerprint density at radius 1 is 1.07 bits per heavy atom. The number of benzene rings is 2. The van der Waals surface area contributed by atoms with Gasteiger partial charge in [0.25, 0.3) is 11.8 Å². The molecule has 2 aromatic carbocycles. The standard InChI is InChI=1S/C34H38IN5O5S/c1-37-31(28(18-36)34(42)38-35)23-15-22-16-24(45-2)12-14-26(22)32-30(20-7-4-3-5-8-20)27-13-11-21(17-29(27)40(32)19-23)33(41)39-46(43,44)25-9-6-10-25/h11-18,20,25H,3-10,19,36H2,1-2H3,(H,38,42)(H,39,41). The van der Waals surface area contributed by atoms with E-state index < -0.39 is 21.2 Å². The molecule has 2 heterocycles. The quantitative estimate of drug-likeness (QED) is 0.116. The lowest BCUT2D eigenvalue weighted by Gasteiger charge is -2.25. The molecule has 2 aliphatic carbocycles. The fourth-order valence-corrected chi connectivity index (χ4v) is 8.82. The first kappa shape index (κ1) is 32.3. The van der Waals surface area contributed by atoms with Crippen molar-refractivity contribution in [2.24, 2.45) is 10.7 Å². The largest absolute Gasteiger partial charge is 0.497 e. The fraction of sp³-hybridized carbons (Fsp3) is 0.382. The fourth-order valence-electron chi connectivity index (χ4n) is 7.03. The number of halogens is 1. The van der Waals surface area contributed by atoms with E-state index in [2.05, 4.69) is 23.9 Å². The number of fused-ring (bicyclic) bond motifs is 5. The first-order valence-electron chi connectivity index (χ1n) is 15.6. The van der Waals surface area contributed by atoms with Crippen LogP contribution in [-0.2, 0) is 21.4 Å². The van der Waals surface area contributed by atoms with Crippen LogP contribution in [0, 0.1) is 0 Å². The van der Waals surface area contributed by atoms with E-state index in [9.17, 15) is 18.0 Å². The molecule has 3 aromatic rings. The number of aromatic nitrogens is 1. The predicted octanol–water partition coefficient (Wildman–Crippen LogP) is 5.75. The topological polar surface area (TPSA) is 145 Å². The number of rotatable bonds is 8. The number of ether oxygens (including phenoxy) is 1. The van der Waals surface area contributed by atoms with Crippen LogP contribution >= 0.6 is 22.9 Å². The van der Waals surface area contributed by atoms with E-state index in [1.165, 1.54) is 18.2 Å². The van der Waals surface area contributed by atoms with E-state index in [1.54, 1.807) is 49.2 Å². The molecule has 10 nitrogen and oxygen atoms in total. The highest BCUT2D eigenvalue weighted by atomic mass is 127. The summed E-state index contributed by atoms with van der Waals surface area (Å²) in [6.07, 6.45) is 10.8. The summed E-state index contributed by atoms with van der Waals surface area (Å²) in [6, 6.07) is 11.5. The molecular weight excluding hydrogens is 717 g/mol. The van der Waals surface area contributed by atoms with Gasteiger partial charge in [0, 0.05) is 35.3 Å². The highest BCUT2D eigenvalue weighted by Crippen LogP contribution is 2.47. The number of sulfonamides is 1. The number of methoxy groups -OCH3 is 1. The molecule has 1 aliphatic heterocycles. The first-order chi connectivity index (χ1) is 22.2. The summed E-state index contributed by atoms with van der Waals surface area (Å²) < 4.78 is 38.4. The number of carbonyl (C=O) groups is 2. The highest BCUT2D eigenvalue weighted by Gasteiger charge is 2.34. The van der Waals surface area contributed by atoms with E-state index in [-0.39, 0.29) is 17.0 Å². The number of amides is 2. The molecular formula is C34H38IN5O5S. The summed E-state index contributed by atoms with van der Waals surface area (Å²) in [5.74, 6) is -0.00147. The van der Waals surface area contributed by atoms with Crippen molar-refractivity contribution >= 4 is 67.4 Å². The highest BCUT2D eigenvalue weighted by molar-refractivity contribution is 14.1. The Balaban J connectivity index is 1.58. The summed E-state index contributed by atoms with van der Waals surface area (Å²) in [6.45, 7) is 0.333. The van der Waals surface area contributed by atoms with E-state index in [0.29, 0.717) is 36.8 Å². The lowest BCUT2D eigenvalue weighted by atomic mass is 9.81. The summed E-state index contributed by atoms with van der Waals surface area (Å²) >= 11 is 1.79. The second-order valence-electron chi connectivity index (χ2n) is 12.1. The van der Waals surface area contributed by atoms with Crippen molar-refractivity contribution in [2.75, 3.05) is 14.2 Å². The van der Waals surface area contributed by atoms with Crippen molar-refractivity contribution in [2.45, 2.75) is 69.1 Å². The van der Waals surface area contributed by atoms with Gasteiger partial charge in [-0.25, -0.2) is 13.1 Å². The summed E-state index contributed by atoms with van der Waals surface area (Å²) in [7, 11) is -0.493. The van der Waals surface area contributed by atoms with Gasteiger partial charge in [-0.2, -0.15) is 0 Å². The lowest BCUT2D eigenvalue weighted by molar-refractivity contribution is -0.114. The molecule has 6 rings (SSSR count). The summed E-state index contributed by atoms with van der Waals surface area (Å²) in [4.78, 5) is 30.8. The molecule has 2 fully saturated rings. The second kappa shape index (κ2) is 13.2. The van der Waals surface area contributed by atoms with E-state index >= 15 is 0 Å². The van der Waals surface area contributed by atoms with Crippen LogP contribution in [0.4, 0.5) is 0 Å². The van der Waals surface area contributed by atoms with E-state index in [1.807, 2.05) is 24.3 Å². The molecule has 46 heavy (non-hydrogen) atoms. The zero-order valence-corrected chi connectivity index (χ0v) is 28.9. The number of nitrogens with zero attached hydrogens (tertiary/aromatic N) is 2. The Morgan fingerprint density at radius 3 is 2.46 bits per heavy atom. The van der Waals surface area contributed by atoms with Gasteiger partial charge in [0.15, 0.2) is 0 Å². The van der Waals surface area contributed by atoms with Crippen molar-refractivity contribution in [3.8, 4) is 17.0 Å². The average molecular weight is 756 g/mol. The lowest BCUT2D eigenvalue weighted by Crippen LogP contribution is -2.41. The third-order valence-electron chi connectivity index (χ3n) is 9.56. The number of carbonyl (C=O) groups excluding carboxylic acids is 2. The Hall–Kier alpha value is -3.65. The van der Waals surface area contributed by atoms with Gasteiger partial charge >= 0.3 is 0 Å². The molecule has 242 valence electrons. The molecule has 0 spiro atoms. The molecule has 1 aromatic heterocycles. The van der Waals surface area contributed by atoms with Crippen LogP contribution < -0.4 is 18.7 Å². The number of nitrogens with two attached hydrogens (primary N) is 1. The minimum absolute atomic E-state index is 0.237. The van der Waals surface area contributed by atoms with Gasteiger partial charge in [-0.05, 0) is 84.7 Å². The van der Waals surface area contributed by atoms with E-state index in [4.69, 9.17) is 10.5 Å². The normalized spacial score (nSPS) is 17.8. The number of hydrogen-bond donors (Lipinski definition) is 3. The molecule has 0 unspecified atom stereocenters. The second-order valence-corrected chi connectivity index (χ2v) is 14.6. The van der Waals surface area contributed by atoms with Crippen molar-refractivity contribution in [3.63, 3.8) is 0 Å². The first-order valence-corrected chi connectivity index (χ1v) is 18.2. The third kappa shape index (κ3) is 5.85. The average Bonchev–Trinajstić information content (AvgIpc) is 3.24. The van der Waals surface area contributed by atoms with Crippen LogP contribution in [0.5, 0.6) is 5.75 Å². The maximum absolute atomic E-state index is 13.4. The van der Waals surface area contributed by atoms with Crippen LogP contribution in [0.15, 0.2) is 58.7 Å². The Bertz CT molecular complexity index is 1920. The van der Waals surface area contributed by atoms with Gasteiger partial charge in [-0.3, -0.25) is 18.1 Å².